The number of hydrogen-bond acceptors (Lipinski definition) is 6. The largest absolute Gasteiger partial charge is 0.460 e. The molecule has 0 saturated carbocycles. The molecule has 1 atom stereocenters. The van der Waals surface area contributed by atoms with Gasteiger partial charge in [-0.05, 0) is 34.6 Å². The molecule has 0 amide bonds. The molecule has 0 aromatic carbocycles. The van der Waals surface area contributed by atoms with Gasteiger partial charge in [0, 0.05) is 11.9 Å². The van der Waals surface area contributed by atoms with Crippen LogP contribution in [0.15, 0.2) is 11.9 Å². The van der Waals surface area contributed by atoms with Crippen LogP contribution < -0.4 is 5.73 Å². The number of ether oxygens (including phenoxy) is 1. The van der Waals surface area contributed by atoms with Crippen LogP contribution in [0.3, 0.4) is 0 Å². The summed E-state index contributed by atoms with van der Waals surface area (Å²) in [5, 5.41) is 0. The second kappa shape index (κ2) is 8.57. The molecule has 7 heteroatoms. The van der Waals surface area contributed by atoms with E-state index in [-0.39, 0.29) is 19.6 Å². The zero-order valence-corrected chi connectivity index (χ0v) is 13.8. The van der Waals surface area contributed by atoms with Crippen molar-refractivity contribution in [1.82, 2.24) is 0 Å². The molecule has 0 heterocycles. The van der Waals surface area contributed by atoms with Gasteiger partial charge in [0.2, 0.25) is 0 Å². The first-order valence-electron chi connectivity index (χ1n) is 6.67. The zero-order chi connectivity index (χ0) is 15.8. The molecule has 6 nitrogen and oxygen atoms in total. The minimum Gasteiger partial charge on any atom is -0.460 e. The fourth-order valence-electron chi connectivity index (χ4n) is 1.34. The van der Waals surface area contributed by atoms with Gasteiger partial charge in [-0.1, -0.05) is 6.08 Å². The van der Waals surface area contributed by atoms with Crippen LogP contribution in [0.4, 0.5) is 0 Å². The van der Waals surface area contributed by atoms with E-state index in [4.69, 9.17) is 19.5 Å². The van der Waals surface area contributed by atoms with Gasteiger partial charge < -0.3 is 19.5 Å². The molecule has 0 aliphatic rings. The number of esters is 1. The highest BCUT2D eigenvalue weighted by atomic mass is 31.2. The molecule has 0 aromatic rings. The highest BCUT2D eigenvalue weighted by molar-refractivity contribution is 7.57. The van der Waals surface area contributed by atoms with E-state index in [0.29, 0.717) is 0 Å². The van der Waals surface area contributed by atoms with Crippen molar-refractivity contribution in [3.63, 3.8) is 0 Å². The Balaban J connectivity index is 4.50. The smallest absolute Gasteiger partial charge is 0.353 e. The fraction of sp³-hybridized carbons (Fsp3) is 0.769. The third kappa shape index (κ3) is 9.26. The van der Waals surface area contributed by atoms with Gasteiger partial charge in [-0.25, -0.2) is 0 Å². The molecule has 2 N–H and O–H groups in total. The van der Waals surface area contributed by atoms with Gasteiger partial charge in [-0.3, -0.25) is 9.36 Å². The van der Waals surface area contributed by atoms with E-state index in [9.17, 15) is 9.36 Å². The lowest BCUT2D eigenvalue weighted by Crippen LogP contribution is -2.29. The predicted octanol–water partition coefficient (Wildman–Crippen LogP) is 2.83. The van der Waals surface area contributed by atoms with Gasteiger partial charge in [-0.15, -0.1) is 0 Å². The Bertz CT molecular complexity index is 365. The number of nitrogens with two attached hydrogens (primary N) is 1. The first kappa shape index (κ1) is 19.3. The molecule has 118 valence electrons. The van der Waals surface area contributed by atoms with Crippen molar-refractivity contribution in [3.05, 3.63) is 11.9 Å². The maximum atomic E-state index is 12.1. The van der Waals surface area contributed by atoms with Crippen LogP contribution in [0, 0.1) is 0 Å². The summed E-state index contributed by atoms with van der Waals surface area (Å²) >= 11 is 0. The molecule has 0 spiro atoms. The molecule has 0 rings (SSSR count). The average molecular weight is 307 g/mol. The van der Waals surface area contributed by atoms with E-state index < -0.39 is 25.2 Å². The van der Waals surface area contributed by atoms with E-state index in [1.54, 1.807) is 34.6 Å². The Morgan fingerprint density at radius 1 is 1.25 bits per heavy atom. The molecular formula is C13H26NO5P. The summed E-state index contributed by atoms with van der Waals surface area (Å²) in [5.41, 5.74) is 5.22. The maximum absolute atomic E-state index is 12.1. The fourth-order valence-corrected chi connectivity index (χ4v) is 2.74. The number of hydrogen-bond donors (Lipinski definition) is 1. The van der Waals surface area contributed by atoms with Crippen molar-refractivity contribution in [1.29, 1.82) is 0 Å². The van der Waals surface area contributed by atoms with E-state index in [0.717, 1.165) is 0 Å². The summed E-state index contributed by atoms with van der Waals surface area (Å²) in [7, 11) is -3.27. The minimum absolute atomic E-state index is 0.00597. The second-order valence-corrected chi connectivity index (χ2v) is 7.07. The van der Waals surface area contributed by atoms with Crippen LogP contribution >= 0.6 is 7.60 Å². The molecule has 0 unspecified atom stereocenters. The lowest BCUT2D eigenvalue weighted by Gasteiger charge is -2.20. The van der Waals surface area contributed by atoms with Crippen molar-refractivity contribution < 1.29 is 23.1 Å². The van der Waals surface area contributed by atoms with Gasteiger partial charge in [0.1, 0.15) is 5.60 Å². The van der Waals surface area contributed by atoms with Gasteiger partial charge in [0.25, 0.3) is 0 Å². The molecule has 0 saturated heterocycles. The summed E-state index contributed by atoms with van der Waals surface area (Å²) in [5.74, 6) is 0.895. The molecule has 0 fully saturated rings. The first-order chi connectivity index (χ1) is 9.12. The summed E-state index contributed by atoms with van der Waals surface area (Å²) < 4.78 is 27.4. The van der Waals surface area contributed by atoms with E-state index in [2.05, 4.69) is 0 Å². The Morgan fingerprint density at radius 3 is 2.15 bits per heavy atom. The Kier molecular flexibility index (Phi) is 8.28. The topological polar surface area (TPSA) is 87.9 Å². The zero-order valence-electron chi connectivity index (χ0n) is 12.9. The maximum Gasteiger partial charge on any atom is 0.353 e. The summed E-state index contributed by atoms with van der Waals surface area (Å²) in [4.78, 5) is 11.6. The second-order valence-electron chi connectivity index (χ2n) is 5.17. The molecule has 0 aliphatic heterocycles. The number of carbonyl (C=O) groups excluding carboxylic acids is 1. The quantitative estimate of drug-likeness (QED) is 0.548. The normalized spacial score (nSPS) is 14.5. The van der Waals surface area contributed by atoms with Crippen LogP contribution in [-0.4, -0.2) is 30.8 Å². The van der Waals surface area contributed by atoms with Gasteiger partial charge in [0.05, 0.1) is 19.6 Å². The first-order valence-corrected chi connectivity index (χ1v) is 8.28. The van der Waals surface area contributed by atoms with E-state index in [1.807, 2.05) is 0 Å². The van der Waals surface area contributed by atoms with Crippen molar-refractivity contribution in [2.24, 2.45) is 5.73 Å². The Hall–Kier alpha value is -0.680. The Labute approximate surface area is 121 Å². The highest BCUT2D eigenvalue weighted by Crippen LogP contribution is 2.49. The van der Waals surface area contributed by atoms with E-state index in [1.165, 1.54) is 11.9 Å². The summed E-state index contributed by atoms with van der Waals surface area (Å²) in [6.07, 6.45) is 1.46. The van der Waals surface area contributed by atoms with Crippen molar-refractivity contribution >= 4 is 13.6 Å². The molecular weight excluding hydrogens is 281 g/mol. The summed E-state index contributed by atoms with van der Waals surface area (Å²) in [6, 6.07) is -0.598. The van der Waals surface area contributed by atoms with E-state index >= 15 is 0 Å². The van der Waals surface area contributed by atoms with Crippen molar-refractivity contribution in [2.75, 3.05) is 13.2 Å². The van der Waals surface area contributed by atoms with Crippen LogP contribution in [0.25, 0.3) is 0 Å². The van der Waals surface area contributed by atoms with Crippen LogP contribution in [0.1, 0.15) is 41.0 Å². The number of carbonyl (C=O) groups is 1. The molecule has 0 aliphatic carbocycles. The lowest BCUT2D eigenvalue weighted by atomic mass is 10.2. The molecule has 0 aromatic heterocycles. The van der Waals surface area contributed by atoms with Crippen LogP contribution in [0.5, 0.6) is 0 Å². The average Bonchev–Trinajstić information content (AvgIpc) is 2.24. The number of rotatable bonds is 8. The Morgan fingerprint density at radius 2 is 1.75 bits per heavy atom. The molecule has 20 heavy (non-hydrogen) atoms. The third-order valence-electron chi connectivity index (χ3n) is 1.96. The van der Waals surface area contributed by atoms with Crippen LogP contribution in [0.2, 0.25) is 0 Å². The molecule has 0 bridgehead atoms. The molecule has 0 radical (unpaired) electrons. The minimum atomic E-state index is -3.27. The monoisotopic (exact) mass is 307 g/mol. The third-order valence-corrected chi connectivity index (χ3v) is 3.73. The van der Waals surface area contributed by atoms with Gasteiger partial charge >= 0.3 is 13.6 Å². The highest BCUT2D eigenvalue weighted by Gasteiger charge is 2.21. The van der Waals surface area contributed by atoms with Crippen LogP contribution in [-0.2, 0) is 23.1 Å². The van der Waals surface area contributed by atoms with Crippen molar-refractivity contribution in [3.8, 4) is 0 Å². The van der Waals surface area contributed by atoms with Gasteiger partial charge in [-0.2, -0.15) is 0 Å². The SMILES string of the molecule is CCOP(=O)(/C=C/[C@@H](N)CC(=O)OC(C)(C)C)OCC. The lowest BCUT2D eigenvalue weighted by molar-refractivity contribution is -0.154. The predicted molar refractivity (Wildman–Crippen MR) is 78.4 cm³/mol. The van der Waals surface area contributed by atoms with Gasteiger partial charge in [0.15, 0.2) is 0 Å². The van der Waals surface area contributed by atoms with Crippen molar-refractivity contribution in [2.45, 2.75) is 52.7 Å². The summed E-state index contributed by atoms with van der Waals surface area (Å²) in [6.45, 7) is 9.33. The standard InChI is InChI=1S/C13H26NO5P/c1-6-17-20(16,18-7-2)9-8-11(14)10-12(15)19-13(3,4)5/h8-9,11H,6-7,10,14H2,1-5H3/b9-8+/t11-/m1/s1.